The average Bonchev–Trinajstić information content (AvgIpc) is 2.34. The van der Waals surface area contributed by atoms with E-state index in [9.17, 15) is 19.6 Å². The van der Waals surface area contributed by atoms with Crippen LogP contribution in [0.2, 0.25) is 0 Å². The lowest BCUT2D eigenvalue weighted by Crippen LogP contribution is -2.33. The quantitative estimate of drug-likeness (QED) is 0.658. The van der Waals surface area contributed by atoms with Gasteiger partial charge in [-0.25, -0.2) is 0 Å². The average molecular weight is 255 g/mol. The highest BCUT2D eigenvalue weighted by Gasteiger charge is 2.26. The smallest absolute Gasteiger partial charge is 0.305 e. The summed E-state index contributed by atoms with van der Waals surface area (Å²) in [5.74, 6) is -1.03. The summed E-state index contributed by atoms with van der Waals surface area (Å²) in [5, 5.41) is 20.4. The van der Waals surface area contributed by atoms with Crippen molar-refractivity contribution >= 4 is 5.69 Å². The van der Waals surface area contributed by atoms with Gasteiger partial charge in [0.1, 0.15) is 0 Å². The van der Waals surface area contributed by atoms with Gasteiger partial charge < -0.3 is 9.84 Å². The van der Waals surface area contributed by atoms with Crippen molar-refractivity contribution in [2.24, 2.45) is 5.92 Å². The molecule has 2 unspecified atom stereocenters. The fourth-order valence-corrected chi connectivity index (χ4v) is 2.13. The summed E-state index contributed by atoms with van der Waals surface area (Å²) in [6.07, 6.45) is 0.216. The maximum atomic E-state index is 13.8. The molecule has 2 rings (SSSR count). The highest BCUT2D eigenvalue weighted by molar-refractivity contribution is 5.37. The largest absolute Gasteiger partial charge is 0.393 e. The first-order valence-corrected chi connectivity index (χ1v) is 5.77. The van der Waals surface area contributed by atoms with Gasteiger partial charge in [-0.2, -0.15) is 4.39 Å². The molecule has 98 valence electrons. The maximum absolute atomic E-state index is 13.8. The number of nitro groups is 1. The van der Waals surface area contributed by atoms with Crippen molar-refractivity contribution in [2.45, 2.75) is 18.9 Å². The van der Waals surface area contributed by atoms with E-state index in [1.165, 1.54) is 12.1 Å². The summed E-state index contributed by atoms with van der Waals surface area (Å²) < 4.78 is 19.1. The van der Waals surface area contributed by atoms with Gasteiger partial charge in [-0.3, -0.25) is 10.1 Å². The number of ether oxygens (including phenoxy) is 1. The van der Waals surface area contributed by atoms with Gasteiger partial charge >= 0.3 is 5.69 Å². The van der Waals surface area contributed by atoms with Crippen LogP contribution in [0.25, 0.3) is 0 Å². The van der Waals surface area contributed by atoms with Crippen molar-refractivity contribution in [3.63, 3.8) is 0 Å². The van der Waals surface area contributed by atoms with Crippen LogP contribution in [0.4, 0.5) is 10.1 Å². The van der Waals surface area contributed by atoms with E-state index in [0.29, 0.717) is 19.6 Å². The lowest BCUT2D eigenvalue weighted by molar-refractivity contribution is -0.387. The summed E-state index contributed by atoms with van der Waals surface area (Å²) in [7, 11) is 0. The van der Waals surface area contributed by atoms with Gasteiger partial charge in [0.25, 0.3) is 0 Å². The molecule has 1 N–H and O–H groups in total. The Morgan fingerprint density at radius 2 is 2.33 bits per heavy atom. The molecule has 1 heterocycles. The van der Waals surface area contributed by atoms with Crippen molar-refractivity contribution in [3.05, 3.63) is 39.7 Å². The zero-order valence-electron chi connectivity index (χ0n) is 9.71. The van der Waals surface area contributed by atoms with Gasteiger partial charge in [-0.15, -0.1) is 0 Å². The molecule has 1 aromatic carbocycles. The SMILES string of the molecule is O=[N+]([O-])c1cccc(CC2COCCC2O)c1F. The van der Waals surface area contributed by atoms with E-state index in [-0.39, 0.29) is 17.9 Å². The van der Waals surface area contributed by atoms with E-state index < -0.39 is 22.5 Å². The first-order valence-electron chi connectivity index (χ1n) is 5.77. The molecule has 0 radical (unpaired) electrons. The van der Waals surface area contributed by atoms with Crippen LogP contribution in [-0.2, 0) is 11.2 Å². The molecular formula is C12H14FNO4. The summed E-state index contributed by atoms with van der Waals surface area (Å²) in [6.45, 7) is 0.846. The molecule has 0 amide bonds. The molecule has 1 saturated heterocycles. The number of rotatable bonds is 3. The molecule has 1 aliphatic heterocycles. The molecular weight excluding hydrogens is 241 g/mol. The molecule has 2 atom stereocenters. The highest BCUT2D eigenvalue weighted by Crippen LogP contribution is 2.25. The van der Waals surface area contributed by atoms with Crippen LogP contribution in [0.15, 0.2) is 18.2 Å². The fraction of sp³-hybridized carbons (Fsp3) is 0.500. The third-order valence-electron chi connectivity index (χ3n) is 3.17. The molecule has 0 spiro atoms. The van der Waals surface area contributed by atoms with Gasteiger partial charge in [-0.05, 0) is 18.4 Å². The molecule has 0 saturated carbocycles. The number of nitrogens with zero attached hydrogens (tertiary/aromatic N) is 1. The minimum absolute atomic E-state index is 0.213. The Morgan fingerprint density at radius 1 is 1.56 bits per heavy atom. The van der Waals surface area contributed by atoms with Crippen LogP contribution < -0.4 is 0 Å². The number of halogens is 1. The number of aliphatic hydroxyl groups excluding tert-OH is 1. The lowest BCUT2D eigenvalue weighted by Gasteiger charge is -2.27. The minimum Gasteiger partial charge on any atom is -0.393 e. The minimum atomic E-state index is -0.819. The van der Waals surface area contributed by atoms with Crippen LogP contribution in [0, 0.1) is 21.8 Å². The number of nitro benzene ring substituents is 1. The van der Waals surface area contributed by atoms with Crippen molar-refractivity contribution < 1.29 is 19.2 Å². The van der Waals surface area contributed by atoms with Crippen molar-refractivity contribution in [2.75, 3.05) is 13.2 Å². The van der Waals surface area contributed by atoms with E-state index in [0.717, 1.165) is 6.07 Å². The molecule has 1 aromatic rings. The molecule has 0 aromatic heterocycles. The van der Waals surface area contributed by atoms with Gasteiger partial charge in [0.15, 0.2) is 0 Å². The third-order valence-corrected chi connectivity index (χ3v) is 3.17. The standard InChI is InChI=1S/C12H14FNO4/c13-12-8(2-1-3-10(12)14(16)17)6-9-7-18-5-4-11(9)15/h1-3,9,11,15H,4-7H2. The Bertz CT molecular complexity index is 452. The lowest BCUT2D eigenvalue weighted by atomic mass is 9.91. The fourth-order valence-electron chi connectivity index (χ4n) is 2.13. The van der Waals surface area contributed by atoms with E-state index in [1.807, 2.05) is 0 Å². The zero-order chi connectivity index (χ0) is 13.1. The first-order chi connectivity index (χ1) is 8.59. The number of hydrogen-bond acceptors (Lipinski definition) is 4. The Kier molecular flexibility index (Phi) is 3.88. The Morgan fingerprint density at radius 3 is 3.00 bits per heavy atom. The predicted octanol–water partition coefficient (Wildman–Crippen LogP) is 1.67. The second kappa shape index (κ2) is 5.41. The second-order valence-electron chi connectivity index (χ2n) is 4.40. The van der Waals surface area contributed by atoms with Crippen LogP contribution in [0.1, 0.15) is 12.0 Å². The molecule has 1 aliphatic rings. The topological polar surface area (TPSA) is 72.6 Å². The van der Waals surface area contributed by atoms with Gasteiger partial charge in [-0.1, -0.05) is 12.1 Å². The molecule has 18 heavy (non-hydrogen) atoms. The second-order valence-corrected chi connectivity index (χ2v) is 4.40. The highest BCUT2D eigenvalue weighted by atomic mass is 19.1. The van der Waals surface area contributed by atoms with E-state index in [4.69, 9.17) is 4.74 Å². The number of hydrogen-bond donors (Lipinski definition) is 1. The van der Waals surface area contributed by atoms with Crippen LogP contribution in [0.3, 0.4) is 0 Å². The van der Waals surface area contributed by atoms with Crippen LogP contribution in [-0.4, -0.2) is 29.3 Å². The Hall–Kier alpha value is -1.53. The van der Waals surface area contributed by atoms with E-state index in [1.54, 1.807) is 0 Å². The van der Waals surface area contributed by atoms with Gasteiger partial charge in [0.05, 0.1) is 17.6 Å². The van der Waals surface area contributed by atoms with Crippen LogP contribution in [0.5, 0.6) is 0 Å². The monoisotopic (exact) mass is 255 g/mol. The summed E-state index contributed by atoms with van der Waals surface area (Å²) >= 11 is 0. The Labute approximate surface area is 103 Å². The maximum Gasteiger partial charge on any atom is 0.305 e. The van der Waals surface area contributed by atoms with E-state index >= 15 is 0 Å². The molecule has 6 heteroatoms. The predicted molar refractivity (Wildman–Crippen MR) is 61.7 cm³/mol. The molecule has 1 fully saturated rings. The van der Waals surface area contributed by atoms with Crippen LogP contribution >= 0.6 is 0 Å². The van der Waals surface area contributed by atoms with Gasteiger partial charge in [0, 0.05) is 18.6 Å². The molecule has 0 aliphatic carbocycles. The number of aliphatic hydroxyl groups is 1. The van der Waals surface area contributed by atoms with Crippen molar-refractivity contribution in [3.8, 4) is 0 Å². The van der Waals surface area contributed by atoms with Crippen molar-refractivity contribution in [1.29, 1.82) is 0 Å². The molecule has 5 nitrogen and oxygen atoms in total. The summed E-state index contributed by atoms with van der Waals surface area (Å²) in [6, 6.07) is 4.09. The first kappa shape index (κ1) is 12.9. The van der Waals surface area contributed by atoms with Crippen molar-refractivity contribution in [1.82, 2.24) is 0 Å². The van der Waals surface area contributed by atoms with Gasteiger partial charge in [0.2, 0.25) is 5.82 Å². The summed E-state index contributed by atoms with van der Waals surface area (Å²) in [4.78, 5) is 9.88. The number of benzene rings is 1. The van der Waals surface area contributed by atoms with E-state index in [2.05, 4.69) is 0 Å². The molecule has 0 bridgehead atoms. The normalized spacial score (nSPS) is 23.9. The Balaban J connectivity index is 2.18. The summed E-state index contributed by atoms with van der Waals surface area (Å²) in [5.41, 5.74) is -0.280. The zero-order valence-corrected chi connectivity index (χ0v) is 9.71. The third kappa shape index (κ3) is 2.65.